The van der Waals surface area contributed by atoms with Gasteiger partial charge in [-0.05, 0) is 59.2 Å². The first kappa shape index (κ1) is 32.0. The summed E-state index contributed by atoms with van der Waals surface area (Å²) >= 11 is 0. The molecule has 0 saturated carbocycles. The van der Waals surface area contributed by atoms with E-state index in [9.17, 15) is 14.4 Å². The predicted molar refractivity (Wildman–Crippen MR) is 145 cm³/mol. The third kappa shape index (κ3) is 10.5. The van der Waals surface area contributed by atoms with Crippen molar-refractivity contribution in [3.05, 3.63) is 41.6 Å². The first-order chi connectivity index (χ1) is 16.7. The van der Waals surface area contributed by atoms with Crippen LogP contribution < -0.4 is 4.74 Å². The van der Waals surface area contributed by atoms with Gasteiger partial charge in [-0.15, -0.1) is 0 Å². The Labute approximate surface area is 222 Å². The van der Waals surface area contributed by atoms with Gasteiger partial charge in [-0.25, -0.2) is 4.79 Å². The molecule has 0 aliphatic carbocycles. The largest absolute Gasteiger partial charge is 0.460 e. The topological polar surface area (TPSA) is 85.4 Å². The number of amides is 1. The zero-order chi connectivity index (χ0) is 28.8. The highest BCUT2D eigenvalue weighted by molar-refractivity contribution is 5.76. The average molecular weight is 519 g/mol. The van der Waals surface area contributed by atoms with Crippen molar-refractivity contribution in [1.82, 2.24) is 9.80 Å². The van der Waals surface area contributed by atoms with Gasteiger partial charge < -0.3 is 24.0 Å². The molecule has 8 heteroatoms. The van der Waals surface area contributed by atoms with Crippen LogP contribution in [0, 0.1) is 16.2 Å². The minimum Gasteiger partial charge on any atom is -0.460 e. The molecule has 0 aliphatic heterocycles. The van der Waals surface area contributed by atoms with Gasteiger partial charge in [-0.2, -0.15) is 0 Å². The highest BCUT2D eigenvalue weighted by Gasteiger charge is 2.25. The summed E-state index contributed by atoms with van der Waals surface area (Å²) in [5.41, 5.74) is 0.783. The van der Waals surface area contributed by atoms with Crippen LogP contribution in [0.5, 0.6) is 5.75 Å². The standard InChI is InChI=1S/C29H46N2O6/c1-20(27(2,3)4)30(11)15-16-31(12)26(34)37-23-14-13-21(18-35-24(32)28(5,6)7)17-22(23)19-36-25(33)29(8,9)10/h13-14,17H,1,15-16,18-19H2,2-12H3. The van der Waals surface area contributed by atoms with E-state index >= 15 is 0 Å². The van der Waals surface area contributed by atoms with Crippen LogP contribution >= 0.6 is 0 Å². The van der Waals surface area contributed by atoms with E-state index in [1.54, 1.807) is 66.8 Å². The Balaban J connectivity index is 3.00. The molecule has 37 heavy (non-hydrogen) atoms. The first-order valence-electron chi connectivity index (χ1n) is 12.5. The van der Waals surface area contributed by atoms with E-state index in [0.29, 0.717) is 24.2 Å². The molecule has 1 aromatic carbocycles. The Kier molecular flexibility index (Phi) is 10.8. The molecule has 1 rings (SSSR count). The van der Waals surface area contributed by atoms with Crippen molar-refractivity contribution in [3.8, 4) is 5.75 Å². The highest BCUT2D eigenvalue weighted by Crippen LogP contribution is 2.27. The fourth-order valence-electron chi connectivity index (χ4n) is 2.93. The maximum Gasteiger partial charge on any atom is 0.415 e. The molecule has 0 atom stereocenters. The Morgan fingerprint density at radius 1 is 0.757 bits per heavy atom. The van der Waals surface area contributed by atoms with Gasteiger partial charge in [0.1, 0.15) is 19.0 Å². The van der Waals surface area contributed by atoms with E-state index in [0.717, 1.165) is 5.70 Å². The second-order valence-electron chi connectivity index (χ2n) is 12.5. The lowest BCUT2D eigenvalue weighted by atomic mass is 9.92. The highest BCUT2D eigenvalue weighted by atomic mass is 16.6. The lowest BCUT2D eigenvalue weighted by Gasteiger charge is -2.32. The molecule has 1 aromatic rings. The van der Waals surface area contributed by atoms with Crippen molar-refractivity contribution >= 4 is 18.0 Å². The molecule has 208 valence electrons. The minimum atomic E-state index is -0.681. The summed E-state index contributed by atoms with van der Waals surface area (Å²) in [6, 6.07) is 5.06. The van der Waals surface area contributed by atoms with Crippen molar-refractivity contribution in [1.29, 1.82) is 0 Å². The number of nitrogens with zero attached hydrogens (tertiary/aromatic N) is 2. The van der Waals surface area contributed by atoms with Gasteiger partial charge in [-0.3, -0.25) is 9.59 Å². The summed E-state index contributed by atoms with van der Waals surface area (Å²) in [5.74, 6) is -0.435. The summed E-state index contributed by atoms with van der Waals surface area (Å²) in [4.78, 5) is 40.9. The van der Waals surface area contributed by atoms with Gasteiger partial charge >= 0.3 is 18.0 Å². The maximum atomic E-state index is 12.8. The molecule has 0 radical (unpaired) electrons. The number of hydrogen-bond donors (Lipinski definition) is 0. The van der Waals surface area contributed by atoms with Crippen molar-refractivity contribution in [2.45, 2.75) is 75.5 Å². The monoisotopic (exact) mass is 518 g/mol. The van der Waals surface area contributed by atoms with Gasteiger partial charge in [0.05, 0.1) is 10.8 Å². The summed E-state index contributed by atoms with van der Waals surface area (Å²) in [5, 5.41) is 0. The van der Waals surface area contributed by atoms with Crippen LogP contribution in [0.2, 0.25) is 0 Å². The number of esters is 2. The van der Waals surface area contributed by atoms with E-state index < -0.39 is 16.9 Å². The van der Waals surface area contributed by atoms with Crippen LogP contribution in [0.4, 0.5) is 4.79 Å². The molecule has 0 fully saturated rings. The van der Waals surface area contributed by atoms with Crippen LogP contribution in [0.25, 0.3) is 0 Å². The average Bonchev–Trinajstić information content (AvgIpc) is 2.77. The van der Waals surface area contributed by atoms with Crippen LogP contribution in [-0.2, 0) is 32.3 Å². The van der Waals surface area contributed by atoms with Crippen molar-refractivity contribution in [2.75, 3.05) is 27.2 Å². The van der Waals surface area contributed by atoms with E-state index in [1.165, 1.54) is 4.90 Å². The van der Waals surface area contributed by atoms with E-state index in [-0.39, 0.29) is 36.3 Å². The van der Waals surface area contributed by atoms with Crippen LogP contribution in [-0.4, -0.2) is 55.0 Å². The van der Waals surface area contributed by atoms with Gasteiger partial charge in [0.15, 0.2) is 0 Å². The number of carbonyl (C=O) groups excluding carboxylic acids is 3. The summed E-state index contributed by atoms with van der Waals surface area (Å²) in [6.45, 7) is 22.0. The molecule has 0 spiro atoms. The SMILES string of the molecule is C=C(N(C)CCN(C)C(=O)Oc1ccc(COC(=O)C(C)(C)C)cc1COC(=O)C(C)(C)C)C(C)(C)C. The normalized spacial score (nSPS) is 12.0. The Morgan fingerprint density at radius 2 is 1.24 bits per heavy atom. The first-order valence-corrected chi connectivity index (χ1v) is 12.5. The Bertz CT molecular complexity index is 980. The van der Waals surface area contributed by atoms with Crippen molar-refractivity contribution in [3.63, 3.8) is 0 Å². The molecule has 0 N–H and O–H groups in total. The summed E-state index contributed by atoms with van der Waals surface area (Å²) in [6.07, 6.45) is -0.537. The van der Waals surface area contributed by atoms with Crippen molar-refractivity contribution < 1.29 is 28.6 Å². The third-order valence-corrected chi connectivity index (χ3v) is 5.68. The van der Waals surface area contributed by atoms with E-state index in [2.05, 4.69) is 27.4 Å². The molecule has 0 aromatic heterocycles. The fourth-order valence-corrected chi connectivity index (χ4v) is 2.93. The molecule has 0 heterocycles. The smallest absolute Gasteiger partial charge is 0.415 e. The summed E-state index contributed by atoms with van der Waals surface area (Å²) < 4.78 is 16.6. The second-order valence-corrected chi connectivity index (χ2v) is 12.5. The fraction of sp³-hybridized carbons (Fsp3) is 0.621. The number of hydrogen-bond acceptors (Lipinski definition) is 7. The summed E-state index contributed by atoms with van der Waals surface area (Å²) in [7, 11) is 3.61. The van der Waals surface area contributed by atoms with E-state index in [1.807, 2.05) is 11.9 Å². The van der Waals surface area contributed by atoms with E-state index in [4.69, 9.17) is 14.2 Å². The number of allylic oxidation sites excluding steroid dienone is 1. The number of rotatable bonds is 9. The molecule has 0 bridgehead atoms. The van der Waals surface area contributed by atoms with Gasteiger partial charge in [0.25, 0.3) is 0 Å². The zero-order valence-electron chi connectivity index (χ0n) is 24.6. The third-order valence-electron chi connectivity index (χ3n) is 5.68. The van der Waals surface area contributed by atoms with Crippen molar-refractivity contribution in [2.24, 2.45) is 16.2 Å². The quantitative estimate of drug-likeness (QED) is 0.383. The molecular weight excluding hydrogens is 472 g/mol. The second kappa shape index (κ2) is 12.5. The molecule has 8 nitrogen and oxygen atoms in total. The number of ether oxygens (including phenoxy) is 3. The minimum absolute atomic E-state index is 0.0500. The van der Waals surface area contributed by atoms with Crippen LogP contribution in [0.1, 0.15) is 73.4 Å². The maximum absolute atomic E-state index is 12.8. The number of likely N-dealkylation sites (N-methyl/N-ethyl adjacent to an activating group) is 2. The lowest BCUT2D eigenvalue weighted by molar-refractivity contribution is -0.154. The zero-order valence-corrected chi connectivity index (χ0v) is 24.6. The lowest BCUT2D eigenvalue weighted by Crippen LogP contribution is -2.37. The number of benzene rings is 1. The molecular formula is C29H46N2O6. The number of carbonyl (C=O) groups is 3. The van der Waals surface area contributed by atoms with Gasteiger partial charge in [0, 0.05) is 43.9 Å². The Morgan fingerprint density at radius 3 is 1.73 bits per heavy atom. The van der Waals surface area contributed by atoms with Gasteiger partial charge in [0.2, 0.25) is 0 Å². The molecule has 1 amide bonds. The predicted octanol–water partition coefficient (Wildman–Crippen LogP) is 5.79. The van der Waals surface area contributed by atoms with Crippen LogP contribution in [0.3, 0.4) is 0 Å². The van der Waals surface area contributed by atoms with Gasteiger partial charge in [-0.1, -0.05) is 33.4 Å². The Hall–Kier alpha value is -3.03. The van der Waals surface area contributed by atoms with Crippen LogP contribution in [0.15, 0.2) is 30.5 Å². The molecule has 0 aliphatic rings. The molecule has 0 saturated heterocycles. The molecule has 0 unspecified atom stereocenters.